The molecule has 1 heterocycles. The number of nitrogens with zero attached hydrogens (tertiary/aromatic N) is 3. The van der Waals surface area contributed by atoms with E-state index in [0.717, 1.165) is 35.4 Å². The Kier molecular flexibility index (Phi) is 4.46. The third-order valence-corrected chi connectivity index (χ3v) is 4.40. The van der Waals surface area contributed by atoms with Gasteiger partial charge in [-0.3, -0.25) is 4.68 Å². The van der Waals surface area contributed by atoms with E-state index in [2.05, 4.69) is 12.1 Å². The molecule has 6 heteroatoms. The van der Waals surface area contributed by atoms with Gasteiger partial charge in [0.05, 0.1) is 19.9 Å². The molecular formula is C18H23N3O3. The van der Waals surface area contributed by atoms with Crippen molar-refractivity contribution in [1.29, 1.82) is 0 Å². The second-order valence-electron chi connectivity index (χ2n) is 6.07. The van der Waals surface area contributed by atoms with Crippen molar-refractivity contribution in [2.45, 2.75) is 19.8 Å². The van der Waals surface area contributed by atoms with Crippen LogP contribution in [0.2, 0.25) is 0 Å². The highest BCUT2D eigenvalue weighted by Crippen LogP contribution is 2.41. The third-order valence-electron chi connectivity index (χ3n) is 4.40. The van der Waals surface area contributed by atoms with Crippen molar-refractivity contribution in [2.24, 2.45) is 18.1 Å². The van der Waals surface area contributed by atoms with E-state index >= 15 is 0 Å². The van der Waals surface area contributed by atoms with Crippen LogP contribution in [0.5, 0.6) is 11.5 Å². The molecule has 2 aromatic rings. The van der Waals surface area contributed by atoms with Crippen molar-refractivity contribution in [3.63, 3.8) is 0 Å². The van der Waals surface area contributed by atoms with E-state index in [1.54, 1.807) is 21.3 Å². The first-order chi connectivity index (χ1) is 11.6. The number of methoxy groups -OCH3 is 2. The largest absolute Gasteiger partial charge is 0.493 e. The summed E-state index contributed by atoms with van der Waals surface area (Å²) in [6.07, 6.45) is 1.83. The van der Waals surface area contributed by atoms with E-state index in [1.165, 1.54) is 5.69 Å². The number of hydrogen-bond acceptors (Lipinski definition) is 5. The number of para-hydroxylation sites is 1. The van der Waals surface area contributed by atoms with E-state index in [4.69, 9.17) is 19.4 Å². The quantitative estimate of drug-likeness (QED) is 0.809. The van der Waals surface area contributed by atoms with Gasteiger partial charge in [-0.25, -0.2) is 0 Å². The fourth-order valence-electron chi connectivity index (χ4n) is 3.39. The highest BCUT2D eigenvalue weighted by molar-refractivity contribution is 6.07. The highest BCUT2D eigenvalue weighted by atomic mass is 16.6. The van der Waals surface area contributed by atoms with Gasteiger partial charge in [-0.1, -0.05) is 18.1 Å². The average Bonchev–Trinajstić information content (AvgIpc) is 2.91. The van der Waals surface area contributed by atoms with Crippen molar-refractivity contribution >= 4 is 5.71 Å². The van der Waals surface area contributed by atoms with Gasteiger partial charge in [0.15, 0.2) is 11.5 Å². The molecule has 0 bridgehead atoms. The summed E-state index contributed by atoms with van der Waals surface area (Å²) in [5, 5.41) is 9.02. The van der Waals surface area contributed by atoms with E-state index < -0.39 is 0 Å². The molecule has 3 rings (SSSR count). The van der Waals surface area contributed by atoms with Crippen LogP contribution in [-0.4, -0.2) is 36.8 Å². The van der Waals surface area contributed by atoms with E-state index in [-0.39, 0.29) is 0 Å². The van der Waals surface area contributed by atoms with Crippen LogP contribution in [0, 0.1) is 5.92 Å². The first kappa shape index (κ1) is 16.4. The number of rotatable bonds is 4. The SMILES string of the molecule is CO/N=C1\C[C@@H](C)Cc2c1c(-c1cccc(OC)c1OC)nn2C. The number of oxime groups is 1. The zero-order valence-corrected chi connectivity index (χ0v) is 14.8. The van der Waals surface area contributed by atoms with Gasteiger partial charge in [0.1, 0.15) is 12.8 Å². The summed E-state index contributed by atoms with van der Waals surface area (Å²) in [7, 11) is 6.82. The molecule has 1 atom stereocenters. The highest BCUT2D eigenvalue weighted by Gasteiger charge is 2.30. The molecule has 1 aliphatic rings. The Hall–Kier alpha value is -2.50. The summed E-state index contributed by atoms with van der Waals surface area (Å²) in [6, 6.07) is 5.81. The molecule has 0 unspecified atom stereocenters. The Morgan fingerprint density at radius 1 is 1.17 bits per heavy atom. The number of hydrogen-bond donors (Lipinski definition) is 0. The van der Waals surface area contributed by atoms with Crippen molar-refractivity contribution in [3.05, 3.63) is 29.5 Å². The predicted molar refractivity (Wildman–Crippen MR) is 92.8 cm³/mol. The lowest BCUT2D eigenvalue weighted by atomic mass is 9.85. The molecule has 0 spiro atoms. The van der Waals surface area contributed by atoms with Crippen LogP contribution in [0.15, 0.2) is 23.4 Å². The maximum absolute atomic E-state index is 5.59. The molecular weight excluding hydrogens is 306 g/mol. The second kappa shape index (κ2) is 6.55. The predicted octanol–water partition coefficient (Wildman–Crippen LogP) is 3.04. The normalized spacial score (nSPS) is 18.4. The molecule has 1 aromatic heterocycles. The lowest BCUT2D eigenvalue weighted by Crippen LogP contribution is -2.20. The van der Waals surface area contributed by atoms with Crippen LogP contribution >= 0.6 is 0 Å². The monoisotopic (exact) mass is 329 g/mol. The molecule has 0 amide bonds. The van der Waals surface area contributed by atoms with Gasteiger partial charge in [-0.15, -0.1) is 0 Å². The molecule has 1 aromatic carbocycles. The minimum Gasteiger partial charge on any atom is -0.493 e. The molecule has 6 nitrogen and oxygen atoms in total. The minimum atomic E-state index is 0.502. The van der Waals surface area contributed by atoms with Gasteiger partial charge in [-0.05, 0) is 30.9 Å². The second-order valence-corrected chi connectivity index (χ2v) is 6.07. The van der Waals surface area contributed by atoms with E-state index in [9.17, 15) is 0 Å². The minimum absolute atomic E-state index is 0.502. The number of fused-ring (bicyclic) bond motifs is 1. The average molecular weight is 329 g/mol. The van der Waals surface area contributed by atoms with Gasteiger partial charge in [0, 0.05) is 23.9 Å². The fraction of sp³-hybridized carbons (Fsp3) is 0.444. The van der Waals surface area contributed by atoms with Crippen LogP contribution in [0.25, 0.3) is 11.3 Å². The van der Waals surface area contributed by atoms with Crippen molar-refractivity contribution in [2.75, 3.05) is 21.3 Å². The summed E-state index contributed by atoms with van der Waals surface area (Å²) in [5.41, 5.74) is 4.89. The number of benzene rings is 1. The number of aryl methyl sites for hydroxylation is 1. The Labute approximate surface area is 142 Å². The summed E-state index contributed by atoms with van der Waals surface area (Å²) < 4.78 is 13.0. The van der Waals surface area contributed by atoms with Crippen molar-refractivity contribution in [1.82, 2.24) is 9.78 Å². The first-order valence-electron chi connectivity index (χ1n) is 7.98. The molecule has 0 saturated heterocycles. The van der Waals surface area contributed by atoms with Crippen LogP contribution in [0.1, 0.15) is 24.6 Å². The molecule has 24 heavy (non-hydrogen) atoms. The number of ether oxygens (including phenoxy) is 2. The van der Waals surface area contributed by atoms with Crippen LogP contribution in [0.4, 0.5) is 0 Å². The Morgan fingerprint density at radius 3 is 2.62 bits per heavy atom. The fourth-order valence-corrected chi connectivity index (χ4v) is 3.39. The van der Waals surface area contributed by atoms with Crippen molar-refractivity contribution < 1.29 is 14.3 Å². The molecule has 0 fully saturated rings. The topological polar surface area (TPSA) is 57.9 Å². The lowest BCUT2D eigenvalue weighted by Gasteiger charge is -2.21. The van der Waals surface area contributed by atoms with Crippen LogP contribution in [-0.2, 0) is 18.3 Å². The lowest BCUT2D eigenvalue weighted by molar-refractivity contribution is 0.212. The zero-order valence-electron chi connectivity index (χ0n) is 14.8. The van der Waals surface area contributed by atoms with Gasteiger partial charge in [0.2, 0.25) is 0 Å². The summed E-state index contributed by atoms with van der Waals surface area (Å²) in [4.78, 5) is 5.08. The molecule has 0 radical (unpaired) electrons. The van der Waals surface area contributed by atoms with Gasteiger partial charge in [0.25, 0.3) is 0 Å². The van der Waals surface area contributed by atoms with Crippen LogP contribution in [0.3, 0.4) is 0 Å². The van der Waals surface area contributed by atoms with Crippen LogP contribution < -0.4 is 9.47 Å². The van der Waals surface area contributed by atoms with Crippen molar-refractivity contribution in [3.8, 4) is 22.8 Å². The van der Waals surface area contributed by atoms with Gasteiger partial charge < -0.3 is 14.3 Å². The number of aromatic nitrogens is 2. The molecule has 0 aliphatic heterocycles. The zero-order chi connectivity index (χ0) is 17.3. The maximum atomic E-state index is 5.59. The summed E-state index contributed by atoms with van der Waals surface area (Å²) in [6.45, 7) is 2.22. The molecule has 1 aliphatic carbocycles. The molecule has 0 N–H and O–H groups in total. The standard InChI is InChI=1S/C18H23N3O3/c1-11-9-13(20-24-5)16-14(10-11)21(2)19-17(16)12-7-6-8-15(22-3)18(12)23-4/h6-8,11H,9-10H2,1-5H3/b20-13+/t11-/m1/s1. The third kappa shape index (κ3) is 2.62. The smallest absolute Gasteiger partial charge is 0.170 e. The van der Waals surface area contributed by atoms with E-state index in [1.807, 2.05) is 29.9 Å². The van der Waals surface area contributed by atoms with E-state index in [0.29, 0.717) is 17.4 Å². The Morgan fingerprint density at radius 2 is 1.96 bits per heavy atom. The summed E-state index contributed by atoms with van der Waals surface area (Å²) >= 11 is 0. The molecule has 128 valence electrons. The maximum Gasteiger partial charge on any atom is 0.170 e. The Balaban J connectivity index is 2.25. The first-order valence-corrected chi connectivity index (χ1v) is 7.98. The van der Waals surface area contributed by atoms with Gasteiger partial charge >= 0.3 is 0 Å². The summed E-state index contributed by atoms with van der Waals surface area (Å²) in [5.74, 6) is 1.86. The molecule has 0 saturated carbocycles. The Bertz CT molecular complexity index is 780. The van der Waals surface area contributed by atoms with Gasteiger partial charge in [-0.2, -0.15) is 5.10 Å².